The number of hydrogen-bond donors (Lipinski definition) is 0. The van der Waals surface area contributed by atoms with E-state index in [-0.39, 0.29) is 0 Å². The van der Waals surface area contributed by atoms with Crippen LogP contribution >= 0.6 is 11.6 Å². The van der Waals surface area contributed by atoms with E-state index in [1.165, 1.54) is 18.4 Å². The summed E-state index contributed by atoms with van der Waals surface area (Å²) in [5, 5.41) is 0.730. The number of halogens is 1. The van der Waals surface area contributed by atoms with Gasteiger partial charge in [-0.05, 0) is 43.4 Å². The molecule has 1 aromatic rings. The van der Waals surface area contributed by atoms with Crippen LogP contribution in [0.1, 0.15) is 51.5 Å². The maximum absolute atomic E-state index is 6.18. The number of rotatable bonds is 6. The van der Waals surface area contributed by atoms with Crippen LogP contribution in [0.2, 0.25) is 5.02 Å². The predicted molar refractivity (Wildman–Crippen MR) is 70.6 cm³/mol. The maximum Gasteiger partial charge on any atom is 0.137 e. The molecule has 1 nitrogen and oxygen atoms in total. The smallest absolute Gasteiger partial charge is 0.137 e. The molecule has 2 heteroatoms. The first-order chi connectivity index (χ1) is 7.72. The van der Waals surface area contributed by atoms with E-state index in [0.29, 0.717) is 12.5 Å². The average Bonchev–Trinajstić information content (AvgIpc) is 2.29. The molecule has 90 valence electrons. The molecule has 0 aliphatic carbocycles. The molecule has 0 amide bonds. The zero-order chi connectivity index (χ0) is 12.0. The molecular formula is C14H21ClO. The molecule has 1 unspecified atom stereocenters. The number of ether oxygens (including phenoxy) is 1. The summed E-state index contributed by atoms with van der Waals surface area (Å²) < 4.78 is 5.43. The number of benzene rings is 1. The monoisotopic (exact) mass is 240 g/mol. The van der Waals surface area contributed by atoms with Crippen LogP contribution < -0.4 is 4.74 Å². The Labute approximate surface area is 104 Å². The second-order valence-corrected chi connectivity index (χ2v) is 4.42. The molecule has 16 heavy (non-hydrogen) atoms. The van der Waals surface area contributed by atoms with Crippen molar-refractivity contribution in [3.05, 3.63) is 28.8 Å². The van der Waals surface area contributed by atoms with Crippen molar-refractivity contribution in [2.75, 3.05) is 6.61 Å². The molecule has 1 rings (SSSR count). The van der Waals surface area contributed by atoms with E-state index in [4.69, 9.17) is 16.3 Å². The summed E-state index contributed by atoms with van der Waals surface area (Å²) >= 11 is 6.18. The van der Waals surface area contributed by atoms with Crippen molar-refractivity contribution in [1.82, 2.24) is 0 Å². The molecule has 0 bridgehead atoms. The summed E-state index contributed by atoms with van der Waals surface area (Å²) in [5.74, 6) is 1.41. The Kier molecular flexibility index (Phi) is 5.68. The molecule has 0 fully saturated rings. The van der Waals surface area contributed by atoms with Crippen molar-refractivity contribution in [3.8, 4) is 5.75 Å². The highest BCUT2D eigenvalue weighted by molar-refractivity contribution is 6.32. The van der Waals surface area contributed by atoms with Gasteiger partial charge >= 0.3 is 0 Å². The normalized spacial score (nSPS) is 12.5. The molecule has 0 N–H and O–H groups in total. The zero-order valence-electron chi connectivity index (χ0n) is 10.4. The van der Waals surface area contributed by atoms with Crippen molar-refractivity contribution >= 4 is 11.6 Å². The average molecular weight is 241 g/mol. The van der Waals surface area contributed by atoms with Gasteiger partial charge in [0, 0.05) is 0 Å². The van der Waals surface area contributed by atoms with Crippen LogP contribution in [-0.2, 0) is 0 Å². The highest BCUT2D eigenvalue weighted by Gasteiger charge is 2.10. The topological polar surface area (TPSA) is 9.23 Å². The van der Waals surface area contributed by atoms with Gasteiger partial charge in [0.25, 0.3) is 0 Å². The summed E-state index contributed by atoms with van der Waals surface area (Å²) in [4.78, 5) is 0. The molecule has 1 aromatic carbocycles. The lowest BCUT2D eigenvalue weighted by molar-refractivity contribution is 0.340. The molecule has 0 spiro atoms. The van der Waals surface area contributed by atoms with Crippen molar-refractivity contribution in [2.24, 2.45) is 0 Å². The standard InChI is InChI=1S/C14H21ClO/c1-4-7-11(5-2)12-8-9-14(16-6-3)13(15)10-12/h8-11H,4-7H2,1-3H3. The quantitative estimate of drug-likeness (QED) is 0.678. The zero-order valence-corrected chi connectivity index (χ0v) is 11.2. The summed E-state index contributed by atoms with van der Waals surface area (Å²) in [6, 6.07) is 6.18. The van der Waals surface area contributed by atoms with E-state index in [9.17, 15) is 0 Å². The minimum absolute atomic E-state index is 0.623. The Balaban J connectivity index is 2.85. The fraction of sp³-hybridized carbons (Fsp3) is 0.571. The van der Waals surface area contributed by atoms with Crippen LogP contribution in [0.15, 0.2) is 18.2 Å². The summed E-state index contributed by atoms with van der Waals surface area (Å²) in [6.45, 7) is 7.07. The Morgan fingerprint density at radius 1 is 1.25 bits per heavy atom. The minimum atomic E-state index is 0.623. The molecule has 0 saturated carbocycles. The lowest BCUT2D eigenvalue weighted by atomic mass is 9.92. The van der Waals surface area contributed by atoms with Gasteiger partial charge < -0.3 is 4.74 Å². The van der Waals surface area contributed by atoms with Crippen LogP contribution in [0, 0.1) is 0 Å². The lowest BCUT2D eigenvalue weighted by Crippen LogP contribution is -1.98. The van der Waals surface area contributed by atoms with Crippen molar-refractivity contribution in [3.63, 3.8) is 0 Å². The van der Waals surface area contributed by atoms with Crippen molar-refractivity contribution in [2.45, 2.75) is 46.0 Å². The highest BCUT2D eigenvalue weighted by atomic mass is 35.5. The third-order valence-electron chi connectivity index (χ3n) is 2.86. The molecule has 0 heterocycles. The van der Waals surface area contributed by atoms with Gasteiger partial charge in [-0.15, -0.1) is 0 Å². The van der Waals surface area contributed by atoms with E-state index < -0.39 is 0 Å². The van der Waals surface area contributed by atoms with E-state index in [1.54, 1.807) is 0 Å². The van der Waals surface area contributed by atoms with Crippen LogP contribution in [0.3, 0.4) is 0 Å². The van der Waals surface area contributed by atoms with Gasteiger partial charge in [-0.1, -0.05) is 37.9 Å². The largest absolute Gasteiger partial charge is 0.492 e. The van der Waals surface area contributed by atoms with Gasteiger partial charge in [0.1, 0.15) is 5.75 Å². The lowest BCUT2D eigenvalue weighted by Gasteiger charge is -2.15. The van der Waals surface area contributed by atoms with Crippen LogP contribution in [0.25, 0.3) is 0 Å². The second kappa shape index (κ2) is 6.80. The van der Waals surface area contributed by atoms with Gasteiger partial charge in [-0.25, -0.2) is 0 Å². The summed E-state index contributed by atoms with van der Waals surface area (Å²) in [7, 11) is 0. The maximum atomic E-state index is 6.18. The Hall–Kier alpha value is -0.690. The third kappa shape index (κ3) is 3.41. The summed E-state index contributed by atoms with van der Waals surface area (Å²) in [5.41, 5.74) is 1.33. The molecule has 0 aliphatic rings. The Morgan fingerprint density at radius 3 is 2.50 bits per heavy atom. The fourth-order valence-corrected chi connectivity index (χ4v) is 2.24. The molecule has 0 aliphatic heterocycles. The molecule has 0 saturated heterocycles. The Morgan fingerprint density at radius 2 is 2.00 bits per heavy atom. The first-order valence-electron chi connectivity index (χ1n) is 6.15. The first kappa shape index (κ1) is 13.4. The first-order valence-corrected chi connectivity index (χ1v) is 6.52. The second-order valence-electron chi connectivity index (χ2n) is 4.02. The van der Waals surface area contributed by atoms with E-state index in [2.05, 4.69) is 26.0 Å². The van der Waals surface area contributed by atoms with Gasteiger partial charge in [-0.2, -0.15) is 0 Å². The van der Waals surface area contributed by atoms with Gasteiger partial charge in [-0.3, -0.25) is 0 Å². The molecule has 1 atom stereocenters. The molecule has 0 radical (unpaired) electrons. The van der Waals surface area contributed by atoms with Gasteiger partial charge in [0.05, 0.1) is 11.6 Å². The predicted octanol–water partition coefficient (Wildman–Crippen LogP) is 5.03. The van der Waals surface area contributed by atoms with Crippen LogP contribution in [0.5, 0.6) is 5.75 Å². The van der Waals surface area contributed by atoms with Crippen LogP contribution in [0.4, 0.5) is 0 Å². The summed E-state index contributed by atoms with van der Waals surface area (Å²) in [6.07, 6.45) is 3.60. The van der Waals surface area contributed by atoms with E-state index in [0.717, 1.165) is 17.2 Å². The van der Waals surface area contributed by atoms with E-state index in [1.807, 2.05) is 13.0 Å². The molecule has 0 aromatic heterocycles. The number of hydrogen-bond acceptors (Lipinski definition) is 1. The minimum Gasteiger partial charge on any atom is -0.492 e. The van der Waals surface area contributed by atoms with Gasteiger partial charge in [0.2, 0.25) is 0 Å². The highest BCUT2D eigenvalue weighted by Crippen LogP contribution is 2.31. The van der Waals surface area contributed by atoms with E-state index >= 15 is 0 Å². The van der Waals surface area contributed by atoms with Crippen molar-refractivity contribution < 1.29 is 4.74 Å². The third-order valence-corrected chi connectivity index (χ3v) is 3.15. The van der Waals surface area contributed by atoms with Crippen LogP contribution in [-0.4, -0.2) is 6.61 Å². The fourth-order valence-electron chi connectivity index (χ4n) is 2.00. The van der Waals surface area contributed by atoms with Gasteiger partial charge in [0.15, 0.2) is 0 Å². The SMILES string of the molecule is CCCC(CC)c1ccc(OCC)c(Cl)c1. The molecular weight excluding hydrogens is 220 g/mol. The Bertz CT molecular complexity index is 323. The van der Waals surface area contributed by atoms with Crippen molar-refractivity contribution in [1.29, 1.82) is 0 Å².